The van der Waals surface area contributed by atoms with Crippen molar-refractivity contribution in [3.63, 3.8) is 0 Å². The number of aromatic nitrogens is 1. The Labute approximate surface area is 116 Å². The predicted octanol–water partition coefficient (Wildman–Crippen LogP) is 2.03. The van der Waals surface area contributed by atoms with E-state index in [0.717, 1.165) is 0 Å². The number of carboxylic acid groups (broad SMARTS) is 1. The Bertz CT molecular complexity index is 475. The lowest BCUT2D eigenvalue weighted by Crippen LogP contribution is -2.32. The van der Waals surface area contributed by atoms with E-state index in [2.05, 4.69) is 10.3 Å². The molecule has 0 aromatic carbocycles. The second-order valence-electron chi connectivity index (χ2n) is 4.76. The summed E-state index contributed by atoms with van der Waals surface area (Å²) in [6.07, 6.45) is 3.87. The first-order valence-corrected chi connectivity index (χ1v) is 7.11. The molecule has 0 saturated carbocycles. The van der Waals surface area contributed by atoms with E-state index in [4.69, 9.17) is 5.11 Å². The molecule has 2 N–H and O–H groups in total. The van der Waals surface area contributed by atoms with Gasteiger partial charge < -0.3 is 10.4 Å². The number of carbonyl (C=O) groups is 2. The average molecular weight is 282 g/mol. The van der Waals surface area contributed by atoms with E-state index >= 15 is 0 Å². The molecule has 0 atom stereocenters. The molecule has 0 saturated heterocycles. The Morgan fingerprint density at radius 3 is 2.74 bits per heavy atom. The molecule has 1 aromatic rings. The van der Waals surface area contributed by atoms with Crippen LogP contribution in [0.15, 0.2) is 23.4 Å². The molecule has 0 aliphatic rings. The van der Waals surface area contributed by atoms with Gasteiger partial charge in [0.2, 0.25) is 0 Å². The smallest absolute Gasteiger partial charge is 0.309 e. The van der Waals surface area contributed by atoms with Crippen LogP contribution in [-0.4, -0.2) is 34.8 Å². The second-order valence-corrected chi connectivity index (χ2v) is 5.55. The van der Waals surface area contributed by atoms with E-state index in [1.807, 2.05) is 6.26 Å². The Morgan fingerprint density at radius 1 is 1.47 bits per heavy atom. The van der Waals surface area contributed by atoms with Crippen LogP contribution in [0.25, 0.3) is 0 Å². The normalized spacial score (nSPS) is 11.1. The van der Waals surface area contributed by atoms with Gasteiger partial charge in [-0.25, -0.2) is 4.98 Å². The molecule has 0 unspecified atom stereocenters. The van der Waals surface area contributed by atoms with Crippen molar-refractivity contribution in [2.45, 2.75) is 25.3 Å². The molecule has 1 amide bonds. The summed E-state index contributed by atoms with van der Waals surface area (Å²) in [7, 11) is 0. The first-order valence-electron chi connectivity index (χ1n) is 5.89. The van der Waals surface area contributed by atoms with Crippen molar-refractivity contribution >= 4 is 23.6 Å². The molecule has 0 fully saturated rings. The van der Waals surface area contributed by atoms with Gasteiger partial charge in [-0.2, -0.15) is 0 Å². The highest BCUT2D eigenvalue weighted by Crippen LogP contribution is 2.20. The summed E-state index contributed by atoms with van der Waals surface area (Å²) in [5.74, 6) is -1.09. The zero-order valence-corrected chi connectivity index (χ0v) is 12.1. The van der Waals surface area contributed by atoms with Gasteiger partial charge in [0.25, 0.3) is 5.91 Å². The van der Waals surface area contributed by atoms with E-state index in [1.54, 1.807) is 32.2 Å². The number of thioether (sulfide) groups is 1. The third-order valence-corrected chi connectivity index (χ3v) is 3.54. The van der Waals surface area contributed by atoms with Crippen LogP contribution in [0.4, 0.5) is 0 Å². The van der Waals surface area contributed by atoms with Crippen LogP contribution in [0.3, 0.4) is 0 Å². The van der Waals surface area contributed by atoms with E-state index in [-0.39, 0.29) is 5.91 Å². The summed E-state index contributed by atoms with van der Waals surface area (Å²) in [5, 5.41) is 12.4. The molecule has 1 heterocycles. The Balaban J connectivity index is 2.59. The number of amides is 1. The minimum absolute atomic E-state index is 0.223. The fraction of sp³-hybridized carbons (Fsp3) is 0.462. The number of carbonyl (C=O) groups excluding carboxylic acids is 1. The largest absolute Gasteiger partial charge is 0.481 e. The molecule has 19 heavy (non-hydrogen) atoms. The molecule has 0 aliphatic heterocycles. The van der Waals surface area contributed by atoms with Crippen LogP contribution in [0.5, 0.6) is 0 Å². The summed E-state index contributed by atoms with van der Waals surface area (Å²) < 4.78 is 0. The Hall–Kier alpha value is -1.56. The number of carboxylic acids is 1. The van der Waals surface area contributed by atoms with Crippen LogP contribution in [-0.2, 0) is 4.79 Å². The number of rotatable bonds is 6. The first-order chi connectivity index (χ1) is 8.88. The van der Waals surface area contributed by atoms with Crippen molar-refractivity contribution < 1.29 is 14.7 Å². The highest BCUT2D eigenvalue weighted by atomic mass is 32.2. The number of hydrogen-bond acceptors (Lipinski definition) is 4. The third kappa shape index (κ3) is 4.24. The molecule has 0 spiro atoms. The number of nitrogens with one attached hydrogen (secondary N) is 1. The van der Waals surface area contributed by atoms with Gasteiger partial charge in [-0.3, -0.25) is 9.59 Å². The molecule has 104 valence electrons. The van der Waals surface area contributed by atoms with Gasteiger partial charge in [-0.1, -0.05) is 0 Å². The second kappa shape index (κ2) is 6.56. The van der Waals surface area contributed by atoms with E-state index in [9.17, 15) is 9.59 Å². The number of hydrogen-bond donors (Lipinski definition) is 2. The lowest BCUT2D eigenvalue weighted by molar-refractivity contribution is -0.147. The van der Waals surface area contributed by atoms with Crippen molar-refractivity contribution in [1.82, 2.24) is 10.3 Å². The van der Waals surface area contributed by atoms with Crippen molar-refractivity contribution in [2.75, 3.05) is 12.8 Å². The van der Waals surface area contributed by atoms with Crippen molar-refractivity contribution in [1.29, 1.82) is 0 Å². The van der Waals surface area contributed by atoms with Crippen LogP contribution in [0, 0.1) is 5.41 Å². The maximum Gasteiger partial charge on any atom is 0.309 e. The summed E-state index contributed by atoms with van der Waals surface area (Å²) in [5.41, 5.74) is -0.326. The lowest BCUT2D eigenvalue weighted by Gasteiger charge is -2.19. The topological polar surface area (TPSA) is 79.3 Å². The molecular formula is C13H18N2O3S. The average Bonchev–Trinajstić information content (AvgIpc) is 2.38. The van der Waals surface area contributed by atoms with Gasteiger partial charge in [0.1, 0.15) is 5.03 Å². The molecule has 1 rings (SSSR count). The van der Waals surface area contributed by atoms with Crippen molar-refractivity contribution in [3.05, 3.63) is 23.9 Å². The van der Waals surface area contributed by atoms with Crippen molar-refractivity contribution in [2.24, 2.45) is 5.41 Å². The molecule has 1 aromatic heterocycles. The highest BCUT2D eigenvalue weighted by Gasteiger charge is 2.26. The molecule has 6 heteroatoms. The molecule has 0 bridgehead atoms. The molecule has 0 radical (unpaired) electrons. The summed E-state index contributed by atoms with van der Waals surface area (Å²) in [4.78, 5) is 27.0. The maximum atomic E-state index is 12.0. The first kappa shape index (κ1) is 15.5. The summed E-state index contributed by atoms with van der Waals surface area (Å²) in [6.45, 7) is 3.60. The molecular weight excluding hydrogens is 264 g/mol. The maximum absolute atomic E-state index is 12.0. The van der Waals surface area contributed by atoms with Crippen LogP contribution in [0.2, 0.25) is 0 Å². The van der Waals surface area contributed by atoms with Gasteiger partial charge >= 0.3 is 5.97 Å². The highest BCUT2D eigenvalue weighted by molar-refractivity contribution is 7.98. The van der Waals surface area contributed by atoms with E-state index in [1.165, 1.54) is 11.8 Å². The Morgan fingerprint density at radius 2 is 2.16 bits per heavy atom. The fourth-order valence-electron chi connectivity index (χ4n) is 1.42. The summed E-state index contributed by atoms with van der Waals surface area (Å²) in [6, 6.07) is 3.41. The SMILES string of the molecule is CSc1ncccc1C(=O)NCCC(C)(C)C(=O)O. The monoisotopic (exact) mass is 282 g/mol. The predicted molar refractivity (Wildman–Crippen MR) is 74.4 cm³/mol. The minimum atomic E-state index is -0.868. The van der Waals surface area contributed by atoms with Crippen LogP contribution in [0.1, 0.15) is 30.6 Å². The Kier molecular flexibility index (Phi) is 5.35. The van der Waals surface area contributed by atoms with Gasteiger partial charge in [-0.15, -0.1) is 11.8 Å². The van der Waals surface area contributed by atoms with E-state index < -0.39 is 11.4 Å². The zero-order chi connectivity index (χ0) is 14.5. The molecule has 5 nitrogen and oxygen atoms in total. The summed E-state index contributed by atoms with van der Waals surface area (Å²) >= 11 is 1.40. The van der Waals surface area contributed by atoms with Crippen molar-refractivity contribution in [3.8, 4) is 0 Å². The van der Waals surface area contributed by atoms with Crippen LogP contribution < -0.4 is 5.32 Å². The third-order valence-electron chi connectivity index (χ3n) is 2.82. The fourth-order valence-corrected chi connectivity index (χ4v) is 1.96. The van der Waals surface area contributed by atoms with Gasteiger partial charge in [0.05, 0.1) is 11.0 Å². The van der Waals surface area contributed by atoms with E-state index in [0.29, 0.717) is 23.6 Å². The number of pyridine rings is 1. The standard InChI is InChI=1S/C13H18N2O3S/c1-13(2,12(17)18)6-8-14-10(16)9-5-4-7-15-11(9)19-3/h4-5,7H,6,8H2,1-3H3,(H,14,16)(H,17,18). The van der Waals surface area contributed by atoms with Gasteiger partial charge in [-0.05, 0) is 38.7 Å². The quantitative estimate of drug-likeness (QED) is 0.780. The molecule has 0 aliphatic carbocycles. The lowest BCUT2D eigenvalue weighted by atomic mass is 9.90. The van der Waals surface area contributed by atoms with Crippen LogP contribution >= 0.6 is 11.8 Å². The number of nitrogens with zero attached hydrogens (tertiary/aromatic N) is 1. The zero-order valence-electron chi connectivity index (χ0n) is 11.3. The van der Waals surface area contributed by atoms with Gasteiger partial charge in [0.15, 0.2) is 0 Å². The van der Waals surface area contributed by atoms with Gasteiger partial charge in [0, 0.05) is 12.7 Å². The minimum Gasteiger partial charge on any atom is -0.481 e. The number of aliphatic carboxylic acids is 1.